The smallest absolute Gasteiger partial charge is 0.265 e. The summed E-state index contributed by atoms with van der Waals surface area (Å²) in [5.41, 5.74) is 0.841. The second-order valence-electron chi connectivity index (χ2n) is 8.79. The monoisotopic (exact) mass is 480 g/mol. The first-order valence-electron chi connectivity index (χ1n) is 11.7. The van der Waals surface area contributed by atoms with Gasteiger partial charge in [-0.3, -0.25) is 9.59 Å². The number of aryl methyl sites for hydroxylation is 1. The molecular formula is C26H28N2O5S. The number of amides is 2. The Kier molecular flexibility index (Phi) is 6.58. The van der Waals surface area contributed by atoms with E-state index >= 15 is 0 Å². The molecule has 2 aromatic heterocycles. The van der Waals surface area contributed by atoms with Crippen LogP contribution in [0.1, 0.15) is 64.9 Å². The highest BCUT2D eigenvalue weighted by molar-refractivity contribution is 7.12. The second kappa shape index (κ2) is 9.93. The number of furan rings is 1. The van der Waals surface area contributed by atoms with Crippen LogP contribution in [-0.2, 0) is 11.3 Å². The molecule has 0 saturated heterocycles. The zero-order chi connectivity index (χ0) is 23.5. The number of fused-ring (bicyclic) bond motifs is 1. The lowest BCUT2D eigenvalue weighted by atomic mass is 9.95. The van der Waals surface area contributed by atoms with Gasteiger partial charge < -0.3 is 24.1 Å². The first kappa shape index (κ1) is 22.5. The minimum absolute atomic E-state index is 0.115. The molecule has 5 rings (SSSR count). The number of thiophene rings is 1. The van der Waals surface area contributed by atoms with Crippen molar-refractivity contribution < 1.29 is 23.5 Å². The van der Waals surface area contributed by atoms with Crippen molar-refractivity contribution in [3.63, 3.8) is 0 Å². The van der Waals surface area contributed by atoms with E-state index in [1.54, 1.807) is 17.0 Å². The van der Waals surface area contributed by atoms with Gasteiger partial charge in [0, 0.05) is 12.6 Å². The van der Waals surface area contributed by atoms with E-state index in [0.29, 0.717) is 27.9 Å². The van der Waals surface area contributed by atoms with Crippen LogP contribution in [0.4, 0.5) is 0 Å². The molecule has 3 heterocycles. The predicted octanol–water partition coefficient (Wildman–Crippen LogP) is 5.21. The number of ether oxygens (including phenoxy) is 2. The molecule has 0 bridgehead atoms. The molecular weight excluding hydrogens is 452 g/mol. The Hall–Kier alpha value is -3.26. The summed E-state index contributed by atoms with van der Waals surface area (Å²) in [4.78, 5) is 29.6. The lowest BCUT2D eigenvalue weighted by Gasteiger charge is -2.32. The number of nitrogens with one attached hydrogen (secondary N) is 1. The molecule has 1 N–H and O–H groups in total. The van der Waals surface area contributed by atoms with Crippen molar-refractivity contribution in [2.24, 2.45) is 0 Å². The van der Waals surface area contributed by atoms with Gasteiger partial charge in [0.25, 0.3) is 11.8 Å². The Morgan fingerprint density at radius 2 is 1.91 bits per heavy atom. The van der Waals surface area contributed by atoms with Gasteiger partial charge in [-0.25, -0.2) is 0 Å². The molecule has 8 heteroatoms. The minimum atomic E-state index is -0.893. The summed E-state index contributed by atoms with van der Waals surface area (Å²) in [5.74, 6) is 2.03. The molecule has 0 spiro atoms. The summed E-state index contributed by atoms with van der Waals surface area (Å²) in [6, 6.07) is 12.0. The molecule has 2 amide bonds. The molecule has 1 aliphatic carbocycles. The quantitative estimate of drug-likeness (QED) is 0.502. The van der Waals surface area contributed by atoms with Crippen molar-refractivity contribution in [2.45, 2.75) is 57.7 Å². The second-order valence-corrected chi connectivity index (χ2v) is 9.74. The fourth-order valence-electron chi connectivity index (χ4n) is 4.61. The number of hydrogen-bond donors (Lipinski definition) is 1. The Morgan fingerprint density at radius 3 is 2.65 bits per heavy atom. The van der Waals surface area contributed by atoms with Gasteiger partial charge in [-0.1, -0.05) is 31.4 Å². The molecule has 1 fully saturated rings. The highest BCUT2D eigenvalue weighted by atomic mass is 32.1. The Bertz CT molecular complexity index is 1150. The highest BCUT2D eigenvalue weighted by Gasteiger charge is 2.36. The fourth-order valence-corrected chi connectivity index (χ4v) is 5.29. The summed E-state index contributed by atoms with van der Waals surface area (Å²) < 4.78 is 16.9. The van der Waals surface area contributed by atoms with Crippen LogP contribution >= 0.6 is 11.3 Å². The normalized spacial score (nSPS) is 16.3. The summed E-state index contributed by atoms with van der Waals surface area (Å²) in [5, 5.41) is 5.06. The average Bonchev–Trinajstić information content (AvgIpc) is 3.61. The molecule has 0 unspecified atom stereocenters. The van der Waals surface area contributed by atoms with Gasteiger partial charge in [0.1, 0.15) is 11.5 Å². The zero-order valence-corrected chi connectivity index (χ0v) is 19.9. The maximum Gasteiger partial charge on any atom is 0.265 e. The maximum absolute atomic E-state index is 13.7. The summed E-state index contributed by atoms with van der Waals surface area (Å²) in [6.07, 6.45) is 5.31. The van der Waals surface area contributed by atoms with Crippen molar-refractivity contribution in [3.8, 4) is 11.5 Å². The summed E-state index contributed by atoms with van der Waals surface area (Å²) >= 11 is 1.36. The number of nitrogens with zero attached hydrogens (tertiary/aromatic N) is 1. The molecule has 1 aliphatic heterocycles. The first-order chi connectivity index (χ1) is 16.6. The van der Waals surface area contributed by atoms with Crippen LogP contribution in [0.3, 0.4) is 0 Å². The molecule has 7 nitrogen and oxygen atoms in total. The largest absolute Gasteiger partial charge is 0.464 e. The number of carbonyl (C=O) groups excluding carboxylic acids is 2. The van der Waals surface area contributed by atoms with Gasteiger partial charge in [-0.15, -0.1) is 11.3 Å². The van der Waals surface area contributed by atoms with Crippen LogP contribution in [0.2, 0.25) is 0 Å². The van der Waals surface area contributed by atoms with E-state index in [2.05, 4.69) is 5.32 Å². The average molecular weight is 481 g/mol. The molecule has 0 radical (unpaired) electrons. The van der Waals surface area contributed by atoms with Crippen molar-refractivity contribution in [1.29, 1.82) is 0 Å². The molecule has 1 atom stereocenters. The van der Waals surface area contributed by atoms with Crippen molar-refractivity contribution in [3.05, 3.63) is 69.8 Å². The molecule has 2 aliphatic rings. The molecule has 34 heavy (non-hydrogen) atoms. The van der Waals surface area contributed by atoms with Gasteiger partial charge >= 0.3 is 0 Å². The lowest BCUT2D eigenvalue weighted by molar-refractivity contribution is -0.127. The topological polar surface area (TPSA) is 81.0 Å². The van der Waals surface area contributed by atoms with Gasteiger partial charge in [-0.05, 0) is 61.0 Å². The lowest BCUT2D eigenvalue weighted by Crippen LogP contribution is -2.46. The van der Waals surface area contributed by atoms with Crippen molar-refractivity contribution >= 4 is 23.2 Å². The third-order valence-electron chi connectivity index (χ3n) is 6.32. The van der Waals surface area contributed by atoms with Crippen LogP contribution in [-0.4, -0.2) is 29.5 Å². The third-order valence-corrected chi connectivity index (χ3v) is 7.18. The van der Waals surface area contributed by atoms with Crippen LogP contribution in [0.5, 0.6) is 11.5 Å². The number of carbonyl (C=O) groups is 2. The van der Waals surface area contributed by atoms with Gasteiger partial charge in [0.2, 0.25) is 6.79 Å². The first-order valence-corrected chi connectivity index (χ1v) is 12.6. The number of rotatable bonds is 7. The van der Waals surface area contributed by atoms with E-state index in [0.717, 1.165) is 31.2 Å². The highest BCUT2D eigenvalue weighted by Crippen LogP contribution is 2.35. The predicted molar refractivity (Wildman–Crippen MR) is 128 cm³/mol. The Balaban J connectivity index is 1.50. The third kappa shape index (κ3) is 4.82. The van der Waals surface area contributed by atoms with E-state index in [9.17, 15) is 9.59 Å². The van der Waals surface area contributed by atoms with E-state index in [1.807, 2.05) is 42.6 Å². The van der Waals surface area contributed by atoms with Gasteiger partial charge in [0.05, 0.1) is 4.88 Å². The van der Waals surface area contributed by atoms with E-state index < -0.39 is 6.04 Å². The van der Waals surface area contributed by atoms with Crippen LogP contribution in [0.25, 0.3) is 0 Å². The van der Waals surface area contributed by atoms with Crippen molar-refractivity contribution in [2.75, 3.05) is 6.79 Å². The van der Waals surface area contributed by atoms with Gasteiger partial charge in [-0.2, -0.15) is 0 Å². The number of benzene rings is 1. The fraction of sp³-hybridized carbons (Fsp3) is 0.385. The minimum Gasteiger partial charge on any atom is -0.464 e. The number of hydrogen-bond acceptors (Lipinski definition) is 6. The summed E-state index contributed by atoms with van der Waals surface area (Å²) in [6.45, 7) is 2.23. The van der Waals surface area contributed by atoms with E-state index in [1.165, 1.54) is 17.8 Å². The SMILES string of the molecule is Cc1ccc([C@@H](C(=O)NC2CCCCC2)N(Cc2ccc3c(c2)OCO3)C(=O)c2cccs2)o1. The molecule has 1 saturated carbocycles. The Morgan fingerprint density at radius 1 is 1.09 bits per heavy atom. The maximum atomic E-state index is 13.7. The van der Waals surface area contributed by atoms with Crippen LogP contribution in [0.15, 0.2) is 52.3 Å². The van der Waals surface area contributed by atoms with Crippen molar-refractivity contribution in [1.82, 2.24) is 10.2 Å². The summed E-state index contributed by atoms with van der Waals surface area (Å²) in [7, 11) is 0. The molecule has 3 aromatic rings. The standard InChI is InChI=1S/C26H28N2O5S/c1-17-9-11-21(33-17)24(25(29)27-19-6-3-2-4-7-19)28(26(30)23-8-5-13-34-23)15-18-10-12-20-22(14-18)32-16-31-20/h5,8-14,19,24H,2-4,6-7,15-16H2,1H3,(H,27,29)/t24-/m0/s1. The van der Waals surface area contributed by atoms with Gasteiger partial charge in [0.15, 0.2) is 17.5 Å². The Labute approximate surface area is 202 Å². The molecule has 1 aromatic carbocycles. The van der Waals surface area contributed by atoms with E-state index in [-0.39, 0.29) is 31.2 Å². The van der Waals surface area contributed by atoms with E-state index in [4.69, 9.17) is 13.9 Å². The molecule has 178 valence electrons. The van der Waals surface area contributed by atoms with Crippen LogP contribution in [0, 0.1) is 6.92 Å². The zero-order valence-electron chi connectivity index (χ0n) is 19.1. The van der Waals surface area contributed by atoms with Crippen LogP contribution < -0.4 is 14.8 Å².